The molecule has 0 saturated carbocycles. The summed E-state index contributed by atoms with van der Waals surface area (Å²) in [4.78, 5) is 30.1. The minimum absolute atomic E-state index is 0.0942. The highest BCUT2D eigenvalue weighted by molar-refractivity contribution is 6.16. The molecular formula is C31H25N3O3. The van der Waals surface area contributed by atoms with Crippen molar-refractivity contribution in [3.63, 3.8) is 0 Å². The van der Waals surface area contributed by atoms with Crippen LogP contribution in [0.2, 0.25) is 0 Å². The van der Waals surface area contributed by atoms with Gasteiger partial charge in [-0.05, 0) is 36.2 Å². The Bertz CT molecular complexity index is 1860. The molecule has 6 nitrogen and oxygen atoms in total. The smallest absolute Gasteiger partial charge is 0.356 e. The summed E-state index contributed by atoms with van der Waals surface area (Å²) in [5, 5.41) is 2.82. The number of nitrogens with zero attached hydrogens (tertiary/aromatic N) is 3. The number of hydrogen-bond acceptors (Lipinski definition) is 4. The maximum Gasteiger partial charge on any atom is 0.356 e. The fourth-order valence-electron chi connectivity index (χ4n) is 5.22. The average molecular weight is 488 g/mol. The average Bonchev–Trinajstić information content (AvgIpc) is 3.46. The van der Waals surface area contributed by atoms with Crippen LogP contribution in [0.5, 0.6) is 0 Å². The molecule has 0 atom stereocenters. The van der Waals surface area contributed by atoms with Crippen LogP contribution in [0.4, 0.5) is 0 Å². The molecule has 6 aromatic rings. The summed E-state index contributed by atoms with van der Waals surface area (Å²) in [7, 11) is 1.36. The van der Waals surface area contributed by atoms with E-state index >= 15 is 0 Å². The van der Waals surface area contributed by atoms with Crippen molar-refractivity contribution in [1.82, 2.24) is 14.1 Å². The van der Waals surface area contributed by atoms with E-state index in [1.807, 2.05) is 60.8 Å². The fourth-order valence-corrected chi connectivity index (χ4v) is 5.22. The predicted molar refractivity (Wildman–Crippen MR) is 146 cm³/mol. The second kappa shape index (κ2) is 8.75. The van der Waals surface area contributed by atoms with Crippen molar-refractivity contribution in [3.8, 4) is 11.3 Å². The van der Waals surface area contributed by atoms with Crippen molar-refractivity contribution in [2.75, 3.05) is 7.11 Å². The Kier molecular flexibility index (Phi) is 5.37. The molecule has 0 fully saturated rings. The molecule has 0 amide bonds. The van der Waals surface area contributed by atoms with Gasteiger partial charge in [-0.3, -0.25) is 9.36 Å². The van der Waals surface area contributed by atoms with E-state index < -0.39 is 5.97 Å². The van der Waals surface area contributed by atoms with Gasteiger partial charge < -0.3 is 9.30 Å². The Hall–Kier alpha value is -4.71. The predicted octanol–water partition coefficient (Wildman–Crippen LogP) is 6.61. The van der Waals surface area contributed by atoms with Crippen molar-refractivity contribution in [2.45, 2.75) is 20.4 Å². The number of aromatic nitrogens is 3. The van der Waals surface area contributed by atoms with E-state index in [-0.39, 0.29) is 11.6 Å². The fraction of sp³-hybridized carbons (Fsp3) is 0.129. The number of para-hydroxylation sites is 2. The Labute approximate surface area is 213 Å². The van der Waals surface area contributed by atoms with Gasteiger partial charge in [0, 0.05) is 46.9 Å². The van der Waals surface area contributed by atoms with E-state index in [4.69, 9.17) is 9.72 Å². The minimum Gasteiger partial charge on any atom is -0.464 e. The van der Waals surface area contributed by atoms with Gasteiger partial charge in [-0.1, -0.05) is 60.7 Å². The van der Waals surface area contributed by atoms with E-state index in [1.54, 1.807) is 11.5 Å². The van der Waals surface area contributed by atoms with Crippen molar-refractivity contribution in [2.24, 2.45) is 0 Å². The van der Waals surface area contributed by atoms with Gasteiger partial charge in [0.1, 0.15) is 5.69 Å². The van der Waals surface area contributed by atoms with Crippen LogP contribution in [0, 0.1) is 6.92 Å². The third kappa shape index (κ3) is 3.61. The van der Waals surface area contributed by atoms with Gasteiger partial charge in [0.2, 0.25) is 5.91 Å². The highest BCUT2D eigenvalue weighted by atomic mass is 16.5. The van der Waals surface area contributed by atoms with Crippen LogP contribution in [0.3, 0.4) is 0 Å². The molecule has 0 radical (unpaired) electrons. The molecule has 0 aliphatic carbocycles. The second-order valence-electron chi connectivity index (χ2n) is 9.22. The molecule has 0 N–H and O–H groups in total. The first-order chi connectivity index (χ1) is 18.0. The number of esters is 1. The normalized spacial score (nSPS) is 11.4. The van der Waals surface area contributed by atoms with Crippen LogP contribution < -0.4 is 0 Å². The molecule has 182 valence electrons. The maximum absolute atomic E-state index is 12.7. The summed E-state index contributed by atoms with van der Waals surface area (Å²) >= 11 is 0. The quantitative estimate of drug-likeness (QED) is 0.262. The number of carbonyl (C=O) groups is 2. The van der Waals surface area contributed by atoms with Crippen LogP contribution in [0.1, 0.15) is 33.3 Å². The first kappa shape index (κ1) is 22.7. The van der Waals surface area contributed by atoms with Gasteiger partial charge in [0.15, 0.2) is 0 Å². The number of benzene rings is 3. The van der Waals surface area contributed by atoms with Crippen LogP contribution in [-0.2, 0) is 11.3 Å². The second-order valence-corrected chi connectivity index (χ2v) is 9.22. The summed E-state index contributed by atoms with van der Waals surface area (Å²) in [5.74, 6) is -0.600. The molecule has 0 unspecified atom stereocenters. The zero-order chi connectivity index (χ0) is 25.7. The molecule has 0 bridgehead atoms. The highest BCUT2D eigenvalue weighted by Crippen LogP contribution is 2.39. The lowest BCUT2D eigenvalue weighted by molar-refractivity contribution is 0.0594. The Balaban J connectivity index is 1.77. The molecule has 3 aromatic carbocycles. The summed E-state index contributed by atoms with van der Waals surface area (Å²) in [5.41, 5.74) is 6.79. The summed E-state index contributed by atoms with van der Waals surface area (Å²) in [6.45, 7) is 4.28. The van der Waals surface area contributed by atoms with Gasteiger partial charge in [0.25, 0.3) is 0 Å². The minimum atomic E-state index is -0.505. The van der Waals surface area contributed by atoms with E-state index in [2.05, 4.69) is 35.8 Å². The highest BCUT2D eigenvalue weighted by Gasteiger charge is 2.23. The molecular weight excluding hydrogens is 462 g/mol. The Morgan fingerprint density at radius 2 is 1.54 bits per heavy atom. The zero-order valence-corrected chi connectivity index (χ0v) is 20.9. The lowest BCUT2D eigenvalue weighted by Gasteiger charge is -2.13. The topological polar surface area (TPSA) is 66.1 Å². The summed E-state index contributed by atoms with van der Waals surface area (Å²) in [6.07, 6.45) is 1.83. The number of pyridine rings is 1. The number of rotatable bonds is 4. The number of fused-ring (bicyclic) bond motifs is 4. The molecule has 6 heteroatoms. The molecule has 3 aromatic heterocycles. The number of hydrogen-bond donors (Lipinski definition) is 0. The Morgan fingerprint density at radius 3 is 2.27 bits per heavy atom. The van der Waals surface area contributed by atoms with E-state index in [0.717, 1.165) is 38.3 Å². The van der Waals surface area contributed by atoms with Gasteiger partial charge >= 0.3 is 5.97 Å². The zero-order valence-electron chi connectivity index (χ0n) is 20.9. The largest absolute Gasteiger partial charge is 0.464 e. The van der Waals surface area contributed by atoms with Gasteiger partial charge in [-0.2, -0.15) is 0 Å². The number of aryl methyl sites for hydroxylation is 1. The molecule has 0 aliphatic rings. The number of ether oxygens (including phenoxy) is 1. The molecule has 0 saturated heterocycles. The lowest BCUT2D eigenvalue weighted by Crippen LogP contribution is -2.07. The molecule has 37 heavy (non-hydrogen) atoms. The third-order valence-electron chi connectivity index (χ3n) is 7.04. The van der Waals surface area contributed by atoms with Gasteiger partial charge in [0.05, 0.1) is 23.8 Å². The molecule has 3 heterocycles. The first-order valence-corrected chi connectivity index (χ1v) is 12.1. The maximum atomic E-state index is 12.7. The van der Waals surface area contributed by atoms with Gasteiger partial charge in [-0.25, -0.2) is 9.78 Å². The van der Waals surface area contributed by atoms with Crippen molar-refractivity contribution in [3.05, 3.63) is 102 Å². The molecule has 6 rings (SSSR count). The van der Waals surface area contributed by atoms with Crippen molar-refractivity contribution >= 4 is 44.6 Å². The number of methoxy groups -OCH3 is 1. The lowest BCUT2D eigenvalue weighted by atomic mass is 10.1. The van der Waals surface area contributed by atoms with E-state index in [9.17, 15) is 9.59 Å². The van der Waals surface area contributed by atoms with Gasteiger partial charge in [-0.15, -0.1) is 0 Å². The van der Waals surface area contributed by atoms with Crippen molar-refractivity contribution in [1.29, 1.82) is 0 Å². The Morgan fingerprint density at radius 1 is 0.865 bits per heavy atom. The van der Waals surface area contributed by atoms with Crippen LogP contribution in [0.25, 0.3) is 44.0 Å². The van der Waals surface area contributed by atoms with E-state index in [1.165, 1.54) is 18.2 Å². The van der Waals surface area contributed by atoms with Crippen LogP contribution >= 0.6 is 0 Å². The number of carbonyl (C=O) groups excluding carboxylic acids is 2. The van der Waals surface area contributed by atoms with E-state index in [0.29, 0.717) is 12.2 Å². The monoisotopic (exact) mass is 487 g/mol. The SMILES string of the molecule is COC(=O)c1cc2c3ccccc3n(Cc3ccccc3C)c2c(-c2cn(C(C)=O)c3ccccc23)n1. The summed E-state index contributed by atoms with van der Waals surface area (Å²) in [6, 6.07) is 26.1. The van der Waals surface area contributed by atoms with Crippen molar-refractivity contribution < 1.29 is 14.3 Å². The van der Waals surface area contributed by atoms with Crippen LogP contribution in [0.15, 0.2) is 85.1 Å². The molecule has 0 aliphatic heterocycles. The third-order valence-corrected chi connectivity index (χ3v) is 7.04. The standard InChI is InChI=1S/C31H25N3O3/c1-19-10-4-5-11-21(19)17-34-28-15-9-6-12-22(28)24-16-26(31(36)37-3)32-29(30(24)34)25-18-33(20(2)35)27-14-8-7-13-23(25)27/h4-16,18H,17H2,1-3H3. The summed E-state index contributed by atoms with van der Waals surface area (Å²) < 4.78 is 8.97. The molecule has 0 spiro atoms. The first-order valence-electron chi connectivity index (χ1n) is 12.1. The van der Waals surface area contributed by atoms with Crippen LogP contribution in [-0.4, -0.2) is 33.1 Å².